The van der Waals surface area contributed by atoms with Crippen LogP contribution in [0.4, 0.5) is 8.78 Å². The summed E-state index contributed by atoms with van der Waals surface area (Å²) in [6, 6.07) is 7.87. The Balaban J connectivity index is 1.73. The first-order valence-corrected chi connectivity index (χ1v) is 9.65. The van der Waals surface area contributed by atoms with Gasteiger partial charge in [-0.3, -0.25) is 0 Å². The zero-order valence-corrected chi connectivity index (χ0v) is 16.1. The van der Waals surface area contributed by atoms with E-state index in [0.717, 1.165) is 30.5 Å². The van der Waals surface area contributed by atoms with Gasteiger partial charge in [0.2, 0.25) is 0 Å². The van der Waals surface area contributed by atoms with E-state index in [1.807, 2.05) is 6.07 Å². The second-order valence-electron chi connectivity index (χ2n) is 7.39. The van der Waals surface area contributed by atoms with E-state index in [4.69, 9.17) is 4.74 Å². The van der Waals surface area contributed by atoms with Crippen molar-refractivity contribution in [1.29, 1.82) is 0 Å². The molecule has 152 valence electrons. The van der Waals surface area contributed by atoms with Gasteiger partial charge in [-0.25, -0.2) is 18.6 Å². The van der Waals surface area contributed by atoms with Crippen LogP contribution >= 0.6 is 0 Å². The van der Waals surface area contributed by atoms with Gasteiger partial charge >= 0.3 is 5.97 Å². The average Bonchev–Trinajstić information content (AvgIpc) is 3.15. The van der Waals surface area contributed by atoms with E-state index in [2.05, 4.69) is 14.7 Å². The number of nitrogens with zero attached hydrogens (tertiary/aromatic N) is 1. The van der Waals surface area contributed by atoms with Gasteiger partial charge in [0.25, 0.3) is 0 Å². The van der Waals surface area contributed by atoms with Crippen LogP contribution in [0.1, 0.15) is 46.8 Å². The fourth-order valence-electron chi connectivity index (χ4n) is 3.98. The summed E-state index contributed by atoms with van der Waals surface area (Å²) in [4.78, 5) is 19.1. The molecule has 1 N–H and O–H groups in total. The van der Waals surface area contributed by atoms with E-state index in [1.54, 1.807) is 6.07 Å². The molecule has 3 heterocycles. The number of nitrogens with one attached hydrogen (secondary N) is 1. The van der Waals surface area contributed by atoms with Crippen molar-refractivity contribution in [3.05, 3.63) is 65.0 Å². The lowest BCUT2D eigenvalue weighted by atomic mass is 9.83. The SMILES string of the molecule is COC(=O)c1ccc(C(CC2CCOCC2)c2cc3cc(F)cnc3[nH]2)cc1F. The molecule has 7 heteroatoms. The monoisotopic (exact) mass is 400 g/mol. The van der Waals surface area contributed by atoms with Crippen LogP contribution in [0.2, 0.25) is 0 Å². The molecule has 1 aliphatic rings. The Labute approximate surface area is 167 Å². The van der Waals surface area contributed by atoms with E-state index in [9.17, 15) is 13.6 Å². The molecule has 1 saturated heterocycles. The molecular weight excluding hydrogens is 378 g/mol. The fourth-order valence-corrected chi connectivity index (χ4v) is 3.98. The zero-order chi connectivity index (χ0) is 20.4. The highest BCUT2D eigenvalue weighted by atomic mass is 19.1. The number of ether oxygens (including phenoxy) is 2. The summed E-state index contributed by atoms with van der Waals surface area (Å²) in [7, 11) is 1.22. The molecule has 2 aromatic heterocycles. The quantitative estimate of drug-likeness (QED) is 0.637. The second kappa shape index (κ2) is 8.29. The summed E-state index contributed by atoms with van der Waals surface area (Å²) in [5.74, 6) is -1.45. The van der Waals surface area contributed by atoms with Crippen LogP contribution in [-0.2, 0) is 9.47 Å². The number of esters is 1. The van der Waals surface area contributed by atoms with Crippen molar-refractivity contribution >= 4 is 17.0 Å². The van der Waals surface area contributed by atoms with Crippen LogP contribution < -0.4 is 0 Å². The lowest BCUT2D eigenvalue weighted by Crippen LogP contribution is -2.19. The van der Waals surface area contributed by atoms with Gasteiger partial charge in [0.05, 0.1) is 18.9 Å². The molecular formula is C22H22F2N2O3. The third kappa shape index (κ3) is 4.15. The van der Waals surface area contributed by atoms with E-state index in [0.29, 0.717) is 30.2 Å². The third-order valence-corrected chi connectivity index (χ3v) is 5.54. The molecule has 1 unspecified atom stereocenters. The molecule has 4 rings (SSSR count). The molecule has 3 aromatic rings. The fraction of sp³-hybridized carbons (Fsp3) is 0.364. The number of rotatable bonds is 5. The Morgan fingerprint density at radius 1 is 1.28 bits per heavy atom. The number of hydrogen-bond acceptors (Lipinski definition) is 4. The Kier molecular flexibility index (Phi) is 5.58. The molecule has 1 aromatic carbocycles. The lowest BCUT2D eigenvalue weighted by molar-refractivity contribution is 0.0594. The van der Waals surface area contributed by atoms with Crippen LogP contribution in [0.25, 0.3) is 11.0 Å². The highest BCUT2D eigenvalue weighted by molar-refractivity contribution is 5.89. The molecule has 1 aliphatic heterocycles. The highest BCUT2D eigenvalue weighted by Crippen LogP contribution is 2.36. The van der Waals surface area contributed by atoms with E-state index >= 15 is 0 Å². The standard InChI is InChI=1S/C22H22F2N2O3/c1-28-22(27)17-3-2-14(10-19(17)24)18(8-13-4-6-29-7-5-13)20-11-15-9-16(23)12-25-21(15)26-20/h2-3,9-13,18H,4-8H2,1H3,(H,25,26). The number of carbonyl (C=O) groups is 1. The first-order chi connectivity index (χ1) is 14.0. The normalized spacial score (nSPS) is 16.1. The maximum absolute atomic E-state index is 14.6. The number of aromatic amines is 1. The first kappa shape index (κ1) is 19.5. The van der Waals surface area contributed by atoms with Crippen molar-refractivity contribution in [2.45, 2.75) is 25.2 Å². The Morgan fingerprint density at radius 2 is 2.07 bits per heavy atom. The molecule has 5 nitrogen and oxygen atoms in total. The van der Waals surface area contributed by atoms with E-state index in [1.165, 1.54) is 31.5 Å². The minimum atomic E-state index is -0.708. The smallest absolute Gasteiger partial charge is 0.340 e. The van der Waals surface area contributed by atoms with Gasteiger partial charge in [-0.2, -0.15) is 0 Å². The first-order valence-electron chi connectivity index (χ1n) is 9.65. The maximum atomic E-state index is 14.6. The predicted molar refractivity (Wildman–Crippen MR) is 104 cm³/mol. The number of hydrogen-bond donors (Lipinski definition) is 1. The number of methoxy groups -OCH3 is 1. The Bertz CT molecular complexity index is 1030. The maximum Gasteiger partial charge on any atom is 0.340 e. The van der Waals surface area contributed by atoms with Gasteiger partial charge in [-0.1, -0.05) is 6.07 Å². The molecule has 0 radical (unpaired) electrons. The summed E-state index contributed by atoms with van der Waals surface area (Å²) in [5, 5.41) is 0.670. The van der Waals surface area contributed by atoms with Crippen LogP contribution in [0.15, 0.2) is 36.5 Å². The predicted octanol–water partition coefficient (Wildman–Crippen LogP) is 4.58. The van der Waals surface area contributed by atoms with Crippen LogP contribution in [0.3, 0.4) is 0 Å². The average molecular weight is 400 g/mol. The zero-order valence-electron chi connectivity index (χ0n) is 16.1. The minimum absolute atomic E-state index is 0.0959. The molecule has 0 bridgehead atoms. The van der Waals surface area contributed by atoms with Crippen molar-refractivity contribution in [2.24, 2.45) is 5.92 Å². The third-order valence-electron chi connectivity index (χ3n) is 5.54. The van der Waals surface area contributed by atoms with Crippen LogP contribution in [-0.4, -0.2) is 36.3 Å². The van der Waals surface area contributed by atoms with Gasteiger partial charge in [-0.15, -0.1) is 0 Å². The van der Waals surface area contributed by atoms with Gasteiger partial charge in [0.15, 0.2) is 0 Å². The molecule has 29 heavy (non-hydrogen) atoms. The van der Waals surface area contributed by atoms with Gasteiger partial charge in [0, 0.05) is 30.2 Å². The second-order valence-corrected chi connectivity index (χ2v) is 7.39. The van der Waals surface area contributed by atoms with Crippen LogP contribution in [0.5, 0.6) is 0 Å². The van der Waals surface area contributed by atoms with Crippen molar-refractivity contribution in [3.8, 4) is 0 Å². The van der Waals surface area contributed by atoms with Gasteiger partial charge in [0.1, 0.15) is 17.3 Å². The lowest BCUT2D eigenvalue weighted by Gasteiger charge is -2.26. The van der Waals surface area contributed by atoms with Crippen molar-refractivity contribution in [3.63, 3.8) is 0 Å². The summed E-state index contributed by atoms with van der Waals surface area (Å²) >= 11 is 0. The Morgan fingerprint density at radius 3 is 2.79 bits per heavy atom. The number of H-pyrrole nitrogens is 1. The molecule has 1 fully saturated rings. The highest BCUT2D eigenvalue weighted by Gasteiger charge is 2.25. The summed E-state index contributed by atoms with van der Waals surface area (Å²) in [6.07, 6.45) is 3.83. The number of benzene rings is 1. The number of carbonyl (C=O) groups excluding carboxylic acids is 1. The topological polar surface area (TPSA) is 64.2 Å². The van der Waals surface area contributed by atoms with Crippen molar-refractivity contribution in [2.75, 3.05) is 20.3 Å². The molecule has 0 amide bonds. The number of aromatic nitrogens is 2. The molecule has 0 saturated carbocycles. The van der Waals surface area contributed by atoms with Crippen LogP contribution in [0, 0.1) is 17.6 Å². The number of fused-ring (bicyclic) bond motifs is 1. The minimum Gasteiger partial charge on any atom is -0.465 e. The largest absolute Gasteiger partial charge is 0.465 e. The van der Waals surface area contributed by atoms with Gasteiger partial charge < -0.3 is 14.5 Å². The molecule has 1 atom stereocenters. The number of halogens is 2. The van der Waals surface area contributed by atoms with E-state index < -0.39 is 17.6 Å². The Hall–Kier alpha value is -2.80. The molecule has 0 spiro atoms. The van der Waals surface area contributed by atoms with Gasteiger partial charge in [-0.05, 0) is 55.0 Å². The summed E-state index contributed by atoms with van der Waals surface area (Å²) < 4.78 is 38.3. The van der Waals surface area contributed by atoms with Crippen molar-refractivity contribution < 1.29 is 23.0 Å². The van der Waals surface area contributed by atoms with E-state index in [-0.39, 0.29) is 11.5 Å². The molecule has 0 aliphatic carbocycles. The summed E-state index contributed by atoms with van der Waals surface area (Å²) in [5.41, 5.74) is 2.08. The van der Waals surface area contributed by atoms with Crippen molar-refractivity contribution in [1.82, 2.24) is 9.97 Å². The number of pyridine rings is 1. The summed E-state index contributed by atoms with van der Waals surface area (Å²) in [6.45, 7) is 1.43.